The Kier molecular flexibility index (Phi) is 24.5. The maximum Gasteiger partial charge on any atom is 1.00 e. The summed E-state index contributed by atoms with van der Waals surface area (Å²) in [4.78, 5) is 5.01. The normalized spacial score (nSPS) is 18.9. The van der Waals surface area contributed by atoms with Gasteiger partial charge in [-0.1, -0.05) is 164 Å². The van der Waals surface area contributed by atoms with Gasteiger partial charge in [0.1, 0.15) is 6.67 Å². The number of allylic oxidation sites excluding steroid dienone is 5. The fourth-order valence-corrected chi connectivity index (χ4v) is 14.7. The topological polar surface area (TPSA) is 6.48 Å². The second kappa shape index (κ2) is 26.9. The minimum absolute atomic E-state index is 0. The molecule has 324 valence electrons. The van der Waals surface area contributed by atoms with Gasteiger partial charge in [-0.15, -0.1) is 24.6 Å². The first-order chi connectivity index (χ1) is 26.6. The average molecular weight is 935 g/mol. The molecule has 1 aliphatic heterocycles. The van der Waals surface area contributed by atoms with Crippen LogP contribution in [0.25, 0.3) is 0 Å². The SMILES string of the molecule is C1CCC(P(C2CCCCC2)C2CCCCC2)CC1.CC(C)c1cccc(C(C)C)c1N1[CH]N(c2c(C(C)C)cccc2C(C)C)CC1.Cl.[CH+]=C1C=C[CH-]C=C1.[Cl-].[Ru+]. The largest absolute Gasteiger partial charge is 1.00 e. The first kappa shape index (κ1) is 52.8. The Morgan fingerprint density at radius 3 is 1.07 bits per heavy atom. The molecular formula is C52H79Cl2N2PRu. The van der Waals surface area contributed by atoms with E-state index in [1.54, 1.807) is 77.0 Å². The molecule has 0 atom stereocenters. The van der Waals surface area contributed by atoms with E-state index in [1.165, 1.54) is 69.9 Å². The quantitative estimate of drug-likeness (QED) is 0.140. The number of hydrogen-bond donors (Lipinski definition) is 0. The standard InChI is InChI=1S/C27H39N2.C18H33P.C7H6.2ClH.Ru/c1-18(2)22-11-9-12-23(19(3)4)26(22)28-15-16-29(17-28)27-24(20(5)6)13-10-14-25(27)21(7)8;1-4-10-16(11-5-1)19(17-12-6-2-7-13-17)18-14-8-3-9-15-18;1-7-5-3-2-4-6-7;;;/h9-14,17-21H,15-16H2,1-8H3;16-18H,1-15H2;1-6H;2*1H;/q;;;;;+1/p-1. The number of anilines is 2. The zero-order valence-electron chi connectivity index (χ0n) is 37.5. The molecule has 0 bridgehead atoms. The Balaban J connectivity index is 0.000000343. The Morgan fingerprint density at radius 1 is 0.534 bits per heavy atom. The Hall–Kier alpha value is -1.33. The Morgan fingerprint density at radius 2 is 0.828 bits per heavy atom. The maximum atomic E-state index is 5.36. The van der Waals surface area contributed by atoms with Crippen LogP contribution in [0.4, 0.5) is 11.4 Å². The monoisotopic (exact) mass is 934 g/mol. The predicted molar refractivity (Wildman–Crippen MR) is 253 cm³/mol. The summed E-state index contributed by atoms with van der Waals surface area (Å²) in [5.74, 6) is 2.06. The van der Waals surface area contributed by atoms with Crippen LogP contribution in [-0.4, -0.2) is 30.1 Å². The van der Waals surface area contributed by atoms with E-state index >= 15 is 0 Å². The molecule has 0 N–H and O–H groups in total. The van der Waals surface area contributed by atoms with Crippen molar-refractivity contribution >= 4 is 31.7 Å². The van der Waals surface area contributed by atoms with Crippen molar-refractivity contribution in [1.29, 1.82) is 0 Å². The van der Waals surface area contributed by atoms with E-state index in [2.05, 4.69) is 108 Å². The van der Waals surface area contributed by atoms with Crippen LogP contribution in [0.15, 0.2) is 66.3 Å². The Labute approximate surface area is 384 Å². The van der Waals surface area contributed by atoms with Gasteiger partial charge in [-0.05, 0) is 107 Å². The third-order valence-electron chi connectivity index (χ3n) is 12.9. The van der Waals surface area contributed by atoms with Gasteiger partial charge in [0, 0.05) is 24.5 Å². The van der Waals surface area contributed by atoms with E-state index in [4.69, 9.17) is 6.58 Å². The van der Waals surface area contributed by atoms with Crippen LogP contribution in [0.3, 0.4) is 0 Å². The van der Waals surface area contributed by atoms with E-state index < -0.39 is 0 Å². The summed E-state index contributed by atoms with van der Waals surface area (Å²) in [6, 6.07) is 13.7. The minimum atomic E-state index is 0. The fourth-order valence-electron chi connectivity index (χ4n) is 10.0. The number of benzene rings is 2. The third kappa shape index (κ3) is 14.7. The zero-order chi connectivity index (χ0) is 39.3. The van der Waals surface area contributed by atoms with Crippen molar-refractivity contribution in [3.63, 3.8) is 0 Å². The van der Waals surface area contributed by atoms with E-state index in [1.807, 2.05) is 30.7 Å². The summed E-state index contributed by atoms with van der Waals surface area (Å²) in [7, 11) is 0.385. The third-order valence-corrected chi connectivity index (χ3v) is 17.0. The molecule has 3 saturated carbocycles. The van der Waals surface area contributed by atoms with Crippen LogP contribution in [-0.2, 0) is 19.5 Å². The van der Waals surface area contributed by atoms with Gasteiger partial charge < -0.3 is 22.2 Å². The van der Waals surface area contributed by atoms with Crippen molar-refractivity contribution in [2.24, 2.45) is 0 Å². The molecule has 6 heteroatoms. The zero-order valence-corrected chi connectivity index (χ0v) is 41.8. The number of hydrogen-bond acceptors (Lipinski definition) is 2. The second-order valence-electron chi connectivity index (χ2n) is 18.4. The van der Waals surface area contributed by atoms with E-state index in [0.717, 1.165) is 18.7 Å². The van der Waals surface area contributed by atoms with Crippen LogP contribution in [0.1, 0.15) is 198 Å². The molecule has 2 radical (unpaired) electrons. The van der Waals surface area contributed by atoms with Crippen LogP contribution in [0, 0.1) is 19.7 Å². The molecular weight excluding hydrogens is 856 g/mol. The maximum absolute atomic E-state index is 5.36. The summed E-state index contributed by atoms with van der Waals surface area (Å²) in [5, 5.41) is 0. The summed E-state index contributed by atoms with van der Waals surface area (Å²) in [6.07, 6.45) is 33.1. The van der Waals surface area contributed by atoms with Gasteiger partial charge in [-0.25, -0.2) is 0 Å². The molecule has 4 aliphatic carbocycles. The molecule has 2 nitrogen and oxygen atoms in total. The van der Waals surface area contributed by atoms with Crippen LogP contribution in [0.5, 0.6) is 0 Å². The van der Waals surface area contributed by atoms with Crippen molar-refractivity contribution in [3.05, 3.63) is 108 Å². The Bertz CT molecular complexity index is 1350. The van der Waals surface area contributed by atoms with Gasteiger partial charge >= 0.3 is 19.5 Å². The number of rotatable bonds is 9. The second-order valence-corrected chi connectivity index (χ2v) is 21.5. The van der Waals surface area contributed by atoms with E-state index in [9.17, 15) is 0 Å². The summed E-state index contributed by atoms with van der Waals surface area (Å²) < 4.78 is 0. The smallest absolute Gasteiger partial charge is 1.00 e. The molecule has 2 aromatic carbocycles. The fraction of sp³-hybridized carbons (Fsp3) is 0.615. The van der Waals surface area contributed by atoms with Gasteiger partial charge in [-0.3, -0.25) is 0 Å². The van der Waals surface area contributed by atoms with Gasteiger partial charge in [-0.2, -0.15) is 18.6 Å². The minimum Gasteiger partial charge on any atom is -1.00 e. The molecule has 4 fully saturated rings. The first-order valence-corrected chi connectivity index (χ1v) is 24.3. The van der Waals surface area contributed by atoms with Crippen LogP contribution < -0.4 is 22.2 Å². The van der Waals surface area contributed by atoms with Gasteiger partial charge in [0.05, 0.1) is 0 Å². The number of halogens is 2. The van der Waals surface area contributed by atoms with Gasteiger partial charge in [0.15, 0.2) is 0 Å². The molecule has 2 aromatic rings. The average Bonchev–Trinajstić information content (AvgIpc) is 3.69. The molecule has 0 unspecified atom stereocenters. The summed E-state index contributed by atoms with van der Waals surface area (Å²) in [6.45, 7) is 28.3. The predicted octanol–water partition coefficient (Wildman–Crippen LogP) is 13.2. The molecule has 7 rings (SSSR count). The molecule has 0 amide bonds. The number of nitrogens with zero attached hydrogens (tertiary/aromatic N) is 2. The molecule has 58 heavy (non-hydrogen) atoms. The summed E-state index contributed by atoms with van der Waals surface area (Å²) >= 11 is 0. The first-order valence-electron chi connectivity index (χ1n) is 22.8. The molecule has 0 aromatic heterocycles. The molecule has 1 saturated heterocycles. The van der Waals surface area contributed by atoms with Crippen molar-refractivity contribution in [1.82, 2.24) is 0 Å². The van der Waals surface area contributed by atoms with Crippen molar-refractivity contribution < 1.29 is 31.9 Å². The van der Waals surface area contributed by atoms with Crippen LogP contribution in [0.2, 0.25) is 0 Å². The van der Waals surface area contributed by atoms with Crippen molar-refractivity contribution in [3.8, 4) is 0 Å². The number of para-hydroxylation sites is 2. The molecule has 5 aliphatic rings. The summed E-state index contributed by atoms with van der Waals surface area (Å²) in [5.41, 5.74) is 13.1. The van der Waals surface area contributed by atoms with Gasteiger partial charge in [0.2, 0.25) is 0 Å². The van der Waals surface area contributed by atoms with E-state index in [0.29, 0.717) is 31.6 Å². The molecule has 1 heterocycles. The van der Waals surface area contributed by atoms with E-state index in [-0.39, 0.29) is 44.3 Å². The van der Waals surface area contributed by atoms with Crippen molar-refractivity contribution in [2.45, 2.75) is 192 Å². The van der Waals surface area contributed by atoms with Crippen molar-refractivity contribution in [2.75, 3.05) is 22.9 Å². The van der Waals surface area contributed by atoms with Crippen LogP contribution >= 0.6 is 20.3 Å². The molecule has 0 spiro atoms. The van der Waals surface area contributed by atoms with Gasteiger partial charge in [0.25, 0.3) is 0 Å².